The number of hydrogen-bond donors (Lipinski definition) is 0. The molecule has 3 rings (SSSR count). The molecule has 0 heterocycles. The third-order valence-corrected chi connectivity index (χ3v) is 3.97. The molecule has 1 unspecified atom stereocenters. The summed E-state index contributed by atoms with van der Waals surface area (Å²) in [6.45, 7) is 6.00. The summed E-state index contributed by atoms with van der Waals surface area (Å²) < 4.78 is 4.97. The van der Waals surface area contributed by atoms with Crippen LogP contribution in [0.15, 0.2) is 43.0 Å². The van der Waals surface area contributed by atoms with Gasteiger partial charge in [0, 0.05) is 0 Å². The molecule has 2 nitrogen and oxygen atoms in total. The average Bonchev–Trinajstić information content (AvgIpc) is 2.64. The van der Waals surface area contributed by atoms with E-state index >= 15 is 0 Å². The molecule has 1 aliphatic carbocycles. The monoisotopic (exact) mass is 238 g/mol. The predicted octanol–water partition coefficient (Wildman–Crippen LogP) is 3.30. The lowest BCUT2D eigenvalue weighted by Crippen LogP contribution is -2.32. The Hall–Kier alpha value is -2.09. The van der Waals surface area contributed by atoms with E-state index in [-0.39, 0.29) is 5.97 Å². The minimum absolute atomic E-state index is 0.254. The van der Waals surface area contributed by atoms with E-state index in [4.69, 9.17) is 4.74 Å². The van der Waals surface area contributed by atoms with Crippen LogP contribution in [0.2, 0.25) is 0 Å². The van der Waals surface area contributed by atoms with Gasteiger partial charge in [-0.1, -0.05) is 43.0 Å². The second kappa shape index (κ2) is 3.45. The van der Waals surface area contributed by atoms with Crippen LogP contribution in [0.3, 0.4) is 0 Å². The van der Waals surface area contributed by atoms with E-state index in [2.05, 4.69) is 18.7 Å². The van der Waals surface area contributed by atoms with Crippen molar-refractivity contribution in [2.24, 2.45) is 0 Å². The molecule has 0 bridgehead atoms. The molecule has 0 fully saturated rings. The molecule has 0 saturated heterocycles. The van der Waals surface area contributed by atoms with Crippen LogP contribution in [0, 0.1) is 0 Å². The van der Waals surface area contributed by atoms with E-state index in [0.29, 0.717) is 0 Å². The van der Waals surface area contributed by atoms with E-state index in [0.717, 1.165) is 27.5 Å². The van der Waals surface area contributed by atoms with Gasteiger partial charge < -0.3 is 4.74 Å². The number of carbonyl (C=O) groups is 1. The predicted molar refractivity (Wildman–Crippen MR) is 72.4 cm³/mol. The van der Waals surface area contributed by atoms with Crippen molar-refractivity contribution in [1.29, 1.82) is 0 Å². The van der Waals surface area contributed by atoms with E-state index in [9.17, 15) is 4.79 Å². The molecule has 2 aromatic carbocycles. The van der Waals surface area contributed by atoms with E-state index in [1.54, 1.807) is 0 Å². The van der Waals surface area contributed by atoms with Gasteiger partial charge in [-0.3, -0.25) is 4.79 Å². The van der Waals surface area contributed by atoms with E-state index in [1.807, 2.05) is 31.2 Å². The highest BCUT2D eigenvalue weighted by molar-refractivity contribution is 6.13. The molecule has 0 radical (unpaired) electrons. The highest BCUT2D eigenvalue weighted by Crippen LogP contribution is 2.49. The number of hydrogen-bond acceptors (Lipinski definition) is 2. The molecule has 2 heteroatoms. The number of ether oxygens (including phenoxy) is 1. The molecular weight excluding hydrogens is 224 g/mol. The number of esters is 1. The summed E-state index contributed by atoms with van der Waals surface area (Å²) in [5.74, 6) is -0.254. The van der Waals surface area contributed by atoms with Crippen molar-refractivity contribution in [3.8, 4) is 0 Å². The Balaban J connectivity index is 2.42. The van der Waals surface area contributed by atoms with Crippen molar-refractivity contribution in [3.63, 3.8) is 0 Å². The molecule has 0 N–H and O–H groups in total. The number of methoxy groups -OCH3 is 1. The standard InChI is InChI=1S/C16H14O2/c1-10-12-8-4-6-11-7-5-9-13(14(11)12)16(10,2)15(17)18-3/h4-9H,1H2,2-3H3. The second-order valence-corrected chi connectivity index (χ2v) is 4.80. The van der Waals surface area contributed by atoms with Crippen LogP contribution in [0.1, 0.15) is 18.1 Å². The Bertz CT molecular complexity index is 679. The molecule has 0 amide bonds. The first-order valence-electron chi connectivity index (χ1n) is 5.91. The van der Waals surface area contributed by atoms with E-state index < -0.39 is 5.41 Å². The lowest BCUT2D eigenvalue weighted by Gasteiger charge is -2.24. The lowest BCUT2D eigenvalue weighted by molar-refractivity contribution is -0.144. The van der Waals surface area contributed by atoms with E-state index in [1.165, 1.54) is 7.11 Å². The molecule has 0 aromatic heterocycles. The molecule has 1 atom stereocenters. The Labute approximate surface area is 106 Å². The van der Waals surface area contributed by atoms with Gasteiger partial charge in [0.1, 0.15) is 5.41 Å². The summed E-state index contributed by atoms with van der Waals surface area (Å²) in [5.41, 5.74) is 2.10. The third-order valence-electron chi connectivity index (χ3n) is 3.97. The van der Waals surface area contributed by atoms with Gasteiger partial charge in [0.2, 0.25) is 0 Å². The summed E-state index contributed by atoms with van der Waals surface area (Å²) in [6, 6.07) is 12.1. The lowest BCUT2D eigenvalue weighted by atomic mass is 9.80. The van der Waals surface area contributed by atoms with Crippen LogP contribution < -0.4 is 0 Å². The first-order valence-corrected chi connectivity index (χ1v) is 5.91. The Kier molecular flexibility index (Phi) is 2.11. The maximum absolute atomic E-state index is 12.2. The minimum Gasteiger partial charge on any atom is -0.468 e. The van der Waals surface area contributed by atoms with Gasteiger partial charge in [-0.05, 0) is 34.4 Å². The highest BCUT2D eigenvalue weighted by atomic mass is 16.5. The van der Waals surface area contributed by atoms with Crippen molar-refractivity contribution < 1.29 is 9.53 Å². The number of benzene rings is 2. The molecule has 1 aliphatic rings. The van der Waals surface area contributed by atoms with Crippen molar-refractivity contribution in [1.82, 2.24) is 0 Å². The van der Waals surface area contributed by atoms with Crippen molar-refractivity contribution in [3.05, 3.63) is 54.1 Å². The van der Waals surface area contributed by atoms with Gasteiger partial charge in [0.05, 0.1) is 7.11 Å². The zero-order valence-electron chi connectivity index (χ0n) is 10.5. The van der Waals surface area contributed by atoms with Crippen LogP contribution in [-0.4, -0.2) is 13.1 Å². The summed E-state index contributed by atoms with van der Waals surface area (Å²) >= 11 is 0. The van der Waals surface area contributed by atoms with Gasteiger partial charge in [-0.15, -0.1) is 0 Å². The maximum Gasteiger partial charge on any atom is 0.320 e. The Morgan fingerprint density at radius 1 is 1.22 bits per heavy atom. The summed E-state index contributed by atoms with van der Waals surface area (Å²) in [5, 5.41) is 2.26. The average molecular weight is 238 g/mol. The number of rotatable bonds is 1. The zero-order chi connectivity index (χ0) is 12.9. The molecular formula is C16H14O2. The summed E-state index contributed by atoms with van der Waals surface area (Å²) in [7, 11) is 1.42. The van der Waals surface area contributed by atoms with Gasteiger partial charge in [0.25, 0.3) is 0 Å². The molecule has 0 spiro atoms. The normalized spacial score (nSPS) is 21.3. The number of carbonyl (C=O) groups excluding carboxylic acids is 1. The fourth-order valence-electron chi connectivity index (χ4n) is 2.88. The first kappa shape index (κ1) is 11.0. The topological polar surface area (TPSA) is 26.3 Å². The molecule has 0 aliphatic heterocycles. The zero-order valence-corrected chi connectivity index (χ0v) is 10.5. The van der Waals surface area contributed by atoms with Crippen LogP contribution in [0.5, 0.6) is 0 Å². The smallest absolute Gasteiger partial charge is 0.320 e. The summed E-state index contributed by atoms with van der Waals surface area (Å²) in [4.78, 5) is 12.2. The van der Waals surface area contributed by atoms with Crippen molar-refractivity contribution >= 4 is 22.3 Å². The maximum atomic E-state index is 12.2. The van der Waals surface area contributed by atoms with Gasteiger partial charge in [0.15, 0.2) is 0 Å². The van der Waals surface area contributed by atoms with Crippen LogP contribution in [0.25, 0.3) is 16.3 Å². The molecule has 90 valence electrons. The minimum atomic E-state index is -0.766. The van der Waals surface area contributed by atoms with Crippen LogP contribution in [0.4, 0.5) is 0 Å². The SMILES string of the molecule is C=C1c2cccc3cccc(c23)C1(C)C(=O)OC. The molecule has 2 aromatic rings. The van der Waals surface area contributed by atoms with Gasteiger partial charge in [-0.25, -0.2) is 0 Å². The van der Waals surface area contributed by atoms with Crippen molar-refractivity contribution in [2.75, 3.05) is 7.11 Å². The summed E-state index contributed by atoms with van der Waals surface area (Å²) in [6.07, 6.45) is 0. The molecule has 0 saturated carbocycles. The molecule has 18 heavy (non-hydrogen) atoms. The first-order chi connectivity index (χ1) is 8.60. The fourth-order valence-corrected chi connectivity index (χ4v) is 2.88. The highest BCUT2D eigenvalue weighted by Gasteiger charge is 2.45. The quantitative estimate of drug-likeness (QED) is 0.712. The van der Waals surface area contributed by atoms with Crippen LogP contribution in [-0.2, 0) is 14.9 Å². The Morgan fingerprint density at radius 2 is 1.89 bits per heavy atom. The Morgan fingerprint density at radius 3 is 2.56 bits per heavy atom. The largest absolute Gasteiger partial charge is 0.468 e. The van der Waals surface area contributed by atoms with Gasteiger partial charge in [-0.2, -0.15) is 0 Å². The van der Waals surface area contributed by atoms with Gasteiger partial charge >= 0.3 is 5.97 Å². The second-order valence-electron chi connectivity index (χ2n) is 4.80. The fraction of sp³-hybridized carbons (Fsp3) is 0.188. The van der Waals surface area contributed by atoms with Crippen LogP contribution >= 0.6 is 0 Å². The third kappa shape index (κ3) is 1.10. The van der Waals surface area contributed by atoms with Crippen molar-refractivity contribution in [2.45, 2.75) is 12.3 Å².